The Morgan fingerprint density at radius 2 is 1.89 bits per heavy atom. The fourth-order valence-corrected chi connectivity index (χ4v) is 1.91. The summed E-state index contributed by atoms with van der Waals surface area (Å²) >= 11 is 12.1. The number of aromatic nitrogens is 2. The second kappa shape index (κ2) is 5.95. The molecule has 0 bridgehead atoms. The number of nitrogens with zero attached hydrogens (tertiary/aromatic N) is 2. The number of halogens is 2. The number of benzene rings is 1. The Morgan fingerprint density at radius 3 is 2.58 bits per heavy atom. The van der Waals surface area contributed by atoms with Crippen LogP contribution < -0.4 is 15.4 Å². The Labute approximate surface area is 120 Å². The van der Waals surface area contributed by atoms with Crippen LogP contribution in [-0.2, 0) is 0 Å². The molecule has 0 aliphatic rings. The van der Waals surface area contributed by atoms with E-state index in [0.29, 0.717) is 33.1 Å². The summed E-state index contributed by atoms with van der Waals surface area (Å²) in [5.74, 6) is 1.59. The molecule has 7 heteroatoms. The molecule has 2 N–H and O–H groups in total. The highest BCUT2D eigenvalue weighted by Crippen LogP contribution is 2.35. The summed E-state index contributed by atoms with van der Waals surface area (Å²) in [6.07, 6.45) is 1.43. The Balaban J connectivity index is 2.41. The second-order valence-corrected chi connectivity index (χ2v) is 4.37. The Hall–Kier alpha value is -1.72. The van der Waals surface area contributed by atoms with Gasteiger partial charge in [-0.1, -0.05) is 29.3 Å². The van der Waals surface area contributed by atoms with Crippen LogP contribution in [0.25, 0.3) is 0 Å². The predicted molar refractivity (Wildman–Crippen MR) is 77.9 cm³/mol. The van der Waals surface area contributed by atoms with Crippen molar-refractivity contribution in [2.75, 3.05) is 24.8 Å². The molecule has 0 saturated heterocycles. The molecule has 0 amide bonds. The topological polar surface area (TPSA) is 59.1 Å². The van der Waals surface area contributed by atoms with Gasteiger partial charge in [0, 0.05) is 7.05 Å². The van der Waals surface area contributed by atoms with Crippen LogP contribution in [0.3, 0.4) is 0 Å². The minimum absolute atomic E-state index is 0.427. The van der Waals surface area contributed by atoms with Crippen molar-refractivity contribution in [1.82, 2.24) is 9.97 Å². The van der Waals surface area contributed by atoms with Gasteiger partial charge in [0.2, 0.25) is 5.75 Å². The van der Waals surface area contributed by atoms with E-state index in [-0.39, 0.29) is 0 Å². The molecule has 0 fully saturated rings. The Bertz CT molecular complexity index is 592. The molecule has 2 rings (SSSR count). The SMILES string of the molecule is CNc1ncnc(Nc2cccc(Cl)c2Cl)c1OC. The average Bonchev–Trinajstić information content (AvgIpc) is 2.43. The van der Waals surface area contributed by atoms with E-state index in [1.807, 2.05) is 0 Å². The predicted octanol–water partition coefficient (Wildman–Crippen LogP) is 3.58. The quantitative estimate of drug-likeness (QED) is 0.903. The zero-order chi connectivity index (χ0) is 13.8. The fraction of sp³-hybridized carbons (Fsp3) is 0.167. The highest BCUT2D eigenvalue weighted by Gasteiger charge is 2.13. The number of anilines is 3. The first-order valence-electron chi connectivity index (χ1n) is 5.45. The fourth-order valence-electron chi connectivity index (χ4n) is 1.56. The second-order valence-electron chi connectivity index (χ2n) is 3.58. The first-order valence-corrected chi connectivity index (χ1v) is 6.20. The van der Waals surface area contributed by atoms with Crippen LogP contribution in [0.5, 0.6) is 5.75 Å². The number of methoxy groups -OCH3 is 1. The lowest BCUT2D eigenvalue weighted by Crippen LogP contribution is -2.03. The van der Waals surface area contributed by atoms with E-state index in [0.717, 1.165) is 0 Å². The lowest BCUT2D eigenvalue weighted by Gasteiger charge is -2.13. The van der Waals surface area contributed by atoms with Crippen molar-refractivity contribution in [2.24, 2.45) is 0 Å². The van der Waals surface area contributed by atoms with Gasteiger partial charge in [-0.05, 0) is 12.1 Å². The maximum absolute atomic E-state index is 6.12. The van der Waals surface area contributed by atoms with Crippen LogP contribution >= 0.6 is 23.2 Å². The van der Waals surface area contributed by atoms with Crippen LogP contribution in [0.15, 0.2) is 24.5 Å². The molecule has 0 saturated carbocycles. The van der Waals surface area contributed by atoms with E-state index in [1.54, 1.807) is 32.4 Å². The van der Waals surface area contributed by atoms with Crippen molar-refractivity contribution in [3.8, 4) is 5.75 Å². The molecular weight excluding hydrogens is 287 g/mol. The molecule has 2 aromatic rings. The van der Waals surface area contributed by atoms with E-state index in [4.69, 9.17) is 27.9 Å². The summed E-state index contributed by atoms with van der Waals surface area (Å²) in [6.45, 7) is 0. The van der Waals surface area contributed by atoms with Crippen LogP contribution in [0.4, 0.5) is 17.3 Å². The van der Waals surface area contributed by atoms with E-state index < -0.39 is 0 Å². The molecule has 0 spiro atoms. The monoisotopic (exact) mass is 298 g/mol. The standard InChI is InChI=1S/C12H12Cl2N4O/c1-15-11-10(19-2)12(17-6-16-11)18-8-5-3-4-7(13)9(8)14/h3-6H,1-2H3,(H2,15,16,17,18). The van der Waals surface area contributed by atoms with Gasteiger partial charge in [0.25, 0.3) is 0 Å². The molecule has 0 radical (unpaired) electrons. The number of hydrogen-bond donors (Lipinski definition) is 2. The first kappa shape index (κ1) is 13.7. The summed E-state index contributed by atoms with van der Waals surface area (Å²) in [4.78, 5) is 8.20. The van der Waals surface area contributed by atoms with Crippen molar-refractivity contribution in [3.63, 3.8) is 0 Å². The number of ether oxygens (including phenoxy) is 1. The average molecular weight is 299 g/mol. The minimum Gasteiger partial charge on any atom is -0.490 e. The van der Waals surface area contributed by atoms with Crippen molar-refractivity contribution in [1.29, 1.82) is 0 Å². The Morgan fingerprint density at radius 1 is 1.16 bits per heavy atom. The Kier molecular flexibility index (Phi) is 4.29. The van der Waals surface area contributed by atoms with Crippen molar-refractivity contribution in [3.05, 3.63) is 34.6 Å². The molecule has 1 heterocycles. The maximum atomic E-state index is 6.12. The smallest absolute Gasteiger partial charge is 0.204 e. The van der Waals surface area contributed by atoms with Gasteiger partial charge in [-0.25, -0.2) is 9.97 Å². The van der Waals surface area contributed by atoms with Gasteiger partial charge in [0.15, 0.2) is 11.6 Å². The highest BCUT2D eigenvalue weighted by atomic mass is 35.5. The molecule has 5 nitrogen and oxygen atoms in total. The van der Waals surface area contributed by atoms with Crippen LogP contribution in [-0.4, -0.2) is 24.1 Å². The summed E-state index contributed by atoms with van der Waals surface area (Å²) in [5.41, 5.74) is 0.646. The van der Waals surface area contributed by atoms with Gasteiger partial charge in [0.1, 0.15) is 6.33 Å². The highest BCUT2D eigenvalue weighted by molar-refractivity contribution is 6.43. The van der Waals surface area contributed by atoms with Gasteiger partial charge in [-0.2, -0.15) is 0 Å². The number of rotatable bonds is 4. The summed E-state index contributed by atoms with van der Waals surface area (Å²) in [6, 6.07) is 5.31. The van der Waals surface area contributed by atoms with Crippen LogP contribution in [0.1, 0.15) is 0 Å². The zero-order valence-corrected chi connectivity index (χ0v) is 11.9. The normalized spacial score (nSPS) is 10.1. The number of nitrogens with one attached hydrogen (secondary N) is 2. The van der Waals surface area contributed by atoms with E-state index >= 15 is 0 Å². The molecule has 0 unspecified atom stereocenters. The molecule has 0 aliphatic carbocycles. The molecular formula is C12H12Cl2N4O. The third-order valence-corrected chi connectivity index (χ3v) is 3.27. The summed E-state index contributed by atoms with van der Waals surface area (Å²) in [7, 11) is 3.30. The first-order chi connectivity index (χ1) is 9.17. The molecule has 1 aromatic carbocycles. The maximum Gasteiger partial charge on any atom is 0.204 e. The van der Waals surface area contributed by atoms with E-state index in [9.17, 15) is 0 Å². The lowest BCUT2D eigenvalue weighted by molar-refractivity contribution is 0.415. The molecule has 0 aliphatic heterocycles. The number of hydrogen-bond acceptors (Lipinski definition) is 5. The zero-order valence-electron chi connectivity index (χ0n) is 10.4. The lowest BCUT2D eigenvalue weighted by atomic mass is 10.3. The van der Waals surface area contributed by atoms with Crippen LogP contribution in [0.2, 0.25) is 10.0 Å². The largest absolute Gasteiger partial charge is 0.490 e. The van der Waals surface area contributed by atoms with Crippen molar-refractivity contribution in [2.45, 2.75) is 0 Å². The van der Waals surface area contributed by atoms with E-state index in [2.05, 4.69) is 20.6 Å². The third kappa shape index (κ3) is 2.83. The minimum atomic E-state index is 0.427. The van der Waals surface area contributed by atoms with Crippen molar-refractivity contribution < 1.29 is 4.74 Å². The van der Waals surface area contributed by atoms with Crippen molar-refractivity contribution >= 4 is 40.5 Å². The molecule has 1 aromatic heterocycles. The van der Waals surface area contributed by atoms with Gasteiger partial charge in [0.05, 0.1) is 22.8 Å². The summed E-state index contributed by atoms with van der Waals surface area (Å²) < 4.78 is 5.28. The van der Waals surface area contributed by atoms with Gasteiger partial charge < -0.3 is 15.4 Å². The molecule has 19 heavy (non-hydrogen) atoms. The molecule has 0 atom stereocenters. The van der Waals surface area contributed by atoms with E-state index in [1.165, 1.54) is 6.33 Å². The third-order valence-electron chi connectivity index (χ3n) is 2.45. The summed E-state index contributed by atoms with van der Waals surface area (Å²) in [5, 5.41) is 6.89. The van der Waals surface area contributed by atoms with Crippen LogP contribution in [0, 0.1) is 0 Å². The van der Waals surface area contributed by atoms with Gasteiger partial charge in [-0.3, -0.25) is 0 Å². The molecule has 100 valence electrons. The van der Waals surface area contributed by atoms with Gasteiger partial charge in [-0.15, -0.1) is 0 Å². The van der Waals surface area contributed by atoms with Gasteiger partial charge >= 0.3 is 0 Å².